The van der Waals surface area contributed by atoms with Crippen LogP contribution < -0.4 is 4.72 Å². The van der Waals surface area contributed by atoms with E-state index in [1.54, 1.807) is 31.3 Å². The summed E-state index contributed by atoms with van der Waals surface area (Å²) < 4.78 is 25.4. The van der Waals surface area contributed by atoms with Crippen LogP contribution in [0.3, 0.4) is 0 Å². The van der Waals surface area contributed by atoms with Crippen molar-refractivity contribution in [3.8, 4) is 0 Å². The van der Waals surface area contributed by atoms with Crippen LogP contribution in [0, 0.1) is 0 Å². The molecule has 0 heterocycles. The summed E-state index contributed by atoms with van der Waals surface area (Å²) in [5.41, 5.74) is 0.568. The largest absolute Gasteiger partial charge is 0.383 e. The van der Waals surface area contributed by atoms with Gasteiger partial charge in [0.15, 0.2) is 5.78 Å². The van der Waals surface area contributed by atoms with Crippen molar-refractivity contribution in [2.45, 2.75) is 6.92 Å². The number of nitrogens with one attached hydrogen (secondary N) is 1. The van der Waals surface area contributed by atoms with E-state index in [9.17, 15) is 13.2 Å². The molecular formula is C13H17ClN2O3S. The summed E-state index contributed by atoms with van der Waals surface area (Å²) in [5.74, 6) is -0.297. The van der Waals surface area contributed by atoms with Gasteiger partial charge in [0.1, 0.15) is 0 Å². The molecule has 110 valence electrons. The van der Waals surface area contributed by atoms with Crippen molar-refractivity contribution < 1.29 is 13.2 Å². The van der Waals surface area contributed by atoms with Crippen LogP contribution in [0.5, 0.6) is 0 Å². The number of rotatable bonds is 6. The maximum atomic E-state index is 11.9. The van der Waals surface area contributed by atoms with Crippen LogP contribution in [0.4, 0.5) is 5.69 Å². The number of nitrogens with zero attached hydrogens (tertiary/aromatic N) is 1. The molecule has 5 nitrogen and oxygen atoms in total. The molecule has 0 aliphatic heterocycles. The van der Waals surface area contributed by atoms with Gasteiger partial charge in [0.05, 0.1) is 16.5 Å². The van der Waals surface area contributed by atoms with Crippen LogP contribution in [0.15, 0.2) is 30.5 Å². The monoisotopic (exact) mass is 316 g/mol. The van der Waals surface area contributed by atoms with E-state index >= 15 is 0 Å². The highest BCUT2D eigenvalue weighted by atomic mass is 35.5. The maximum Gasteiger partial charge on any atom is 0.232 e. The first-order valence-corrected chi connectivity index (χ1v) is 7.97. The number of hydrogen-bond acceptors (Lipinski definition) is 4. The Balaban J connectivity index is 3.06. The van der Waals surface area contributed by atoms with Crippen LogP contribution in [0.1, 0.15) is 17.3 Å². The number of carbonyl (C=O) groups excluding carboxylic acids is 1. The second kappa shape index (κ2) is 6.76. The zero-order valence-electron chi connectivity index (χ0n) is 11.6. The van der Waals surface area contributed by atoms with Gasteiger partial charge in [-0.15, -0.1) is 0 Å². The van der Waals surface area contributed by atoms with Crippen molar-refractivity contribution in [2.24, 2.45) is 0 Å². The van der Waals surface area contributed by atoms with E-state index in [0.29, 0.717) is 5.56 Å². The van der Waals surface area contributed by atoms with Crippen molar-refractivity contribution in [3.63, 3.8) is 0 Å². The zero-order chi connectivity index (χ0) is 15.3. The first-order valence-electron chi connectivity index (χ1n) is 5.94. The van der Waals surface area contributed by atoms with Gasteiger partial charge in [-0.1, -0.05) is 11.6 Å². The van der Waals surface area contributed by atoms with Crippen LogP contribution >= 0.6 is 11.6 Å². The van der Waals surface area contributed by atoms with Gasteiger partial charge in [0.2, 0.25) is 10.0 Å². The Morgan fingerprint density at radius 2 is 2.05 bits per heavy atom. The summed E-state index contributed by atoms with van der Waals surface area (Å²) in [6.45, 7) is 1.52. The average Bonchev–Trinajstić information content (AvgIpc) is 2.38. The summed E-state index contributed by atoms with van der Waals surface area (Å²) in [5, 5.41) is 0.246. The van der Waals surface area contributed by atoms with E-state index in [0.717, 1.165) is 0 Å². The molecule has 0 fully saturated rings. The highest BCUT2D eigenvalue weighted by Gasteiger charge is 2.12. The molecule has 0 atom stereocenters. The fraction of sp³-hybridized carbons (Fsp3) is 0.308. The van der Waals surface area contributed by atoms with Gasteiger partial charge in [-0.3, -0.25) is 9.52 Å². The van der Waals surface area contributed by atoms with Gasteiger partial charge in [-0.05, 0) is 25.1 Å². The number of anilines is 1. The Morgan fingerprint density at radius 1 is 1.40 bits per heavy atom. The lowest BCUT2D eigenvalue weighted by atomic mass is 10.1. The molecule has 0 saturated heterocycles. The normalized spacial score (nSPS) is 11.6. The number of halogens is 1. The van der Waals surface area contributed by atoms with E-state index in [1.807, 2.05) is 0 Å². The van der Waals surface area contributed by atoms with Gasteiger partial charge >= 0.3 is 0 Å². The van der Waals surface area contributed by atoms with Gasteiger partial charge in [0.25, 0.3) is 0 Å². The number of sulfonamides is 1. The molecule has 7 heteroatoms. The molecule has 0 aliphatic rings. The third-order valence-electron chi connectivity index (χ3n) is 2.42. The van der Waals surface area contributed by atoms with Gasteiger partial charge in [-0.25, -0.2) is 8.42 Å². The second-order valence-electron chi connectivity index (χ2n) is 4.34. The predicted molar refractivity (Wildman–Crippen MR) is 81.7 cm³/mol. The molecule has 0 bridgehead atoms. The van der Waals surface area contributed by atoms with Crippen molar-refractivity contribution in [1.29, 1.82) is 0 Å². The lowest BCUT2D eigenvalue weighted by molar-refractivity contribution is 0.104. The van der Waals surface area contributed by atoms with Crippen LogP contribution in [0.2, 0.25) is 5.02 Å². The molecule has 0 saturated carbocycles. The van der Waals surface area contributed by atoms with Crippen molar-refractivity contribution in [3.05, 3.63) is 41.1 Å². The van der Waals surface area contributed by atoms with Crippen molar-refractivity contribution >= 4 is 33.1 Å². The molecule has 20 heavy (non-hydrogen) atoms. The fourth-order valence-electron chi connectivity index (χ4n) is 1.31. The number of carbonyl (C=O) groups is 1. The van der Waals surface area contributed by atoms with E-state index in [-0.39, 0.29) is 22.2 Å². The number of hydrogen-bond donors (Lipinski definition) is 1. The first-order chi connectivity index (χ1) is 9.25. The number of benzene rings is 1. The lowest BCUT2D eigenvalue weighted by Gasteiger charge is -2.09. The topological polar surface area (TPSA) is 66.5 Å². The fourth-order valence-corrected chi connectivity index (χ4v) is 2.18. The smallest absolute Gasteiger partial charge is 0.232 e. The number of ketones is 1. The highest BCUT2D eigenvalue weighted by Crippen LogP contribution is 2.24. The van der Waals surface area contributed by atoms with Gasteiger partial charge in [0, 0.05) is 31.9 Å². The minimum atomic E-state index is -3.44. The van der Waals surface area contributed by atoms with Crippen molar-refractivity contribution in [2.75, 3.05) is 24.6 Å². The maximum absolute atomic E-state index is 11.9. The quantitative estimate of drug-likeness (QED) is 0.646. The molecule has 0 spiro atoms. The summed E-state index contributed by atoms with van der Waals surface area (Å²) in [6.07, 6.45) is 3.02. The third kappa shape index (κ3) is 4.86. The van der Waals surface area contributed by atoms with Gasteiger partial charge in [-0.2, -0.15) is 0 Å². The third-order valence-corrected chi connectivity index (χ3v) is 4.04. The molecule has 0 amide bonds. The van der Waals surface area contributed by atoms with Gasteiger partial charge < -0.3 is 4.90 Å². The predicted octanol–water partition coefficient (Wildman–Crippen LogP) is 2.36. The number of allylic oxidation sites excluding steroid dienone is 1. The summed E-state index contributed by atoms with van der Waals surface area (Å²) in [7, 11) is 0.161. The zero-order valence-corrected chi connectivity index (χ0v) is 13.1. The molecule has 1 aromatic rings. The molecule has 0 aliphatic carbocycles. The molecule has 1 N–H and O–H groups in total. The van der Waals surface area contributed by atoms with Crippen LogP contribution in [-0.4, -0.2) is 38.9 Å². The minimum Gasteiger partial charge on any atom is -0.383 e. The first kappa shape index (κ1) is 16.5. The van der Waals surface area contributed by atoms with E-state index in [4.69, 9.17) is 11.6 Å². The molecular weight excluding hydrogens is 300 g/mol. The Bertz CT molecular complexity index is 625. The standard InChI is InChI=1S/C13H17ClN2O3S/c1-4-20(18,19)15-12-9-10(5-6-11(12)14)13(17)7-8-16(2)3/h5-9,15H,4H2,1-3H3. The summed E-state index contributed by atoms with van der Waals surface area (Å²) in [4.78, 5) is 13.6. The molecule has 0 unspecified atom stereocenters. The second-order valence-corrected chi connectivity index (χ2v) is 6.76. The molecule has 0 radical (unpaired) electrons. The SMILES string of the molecule is CCS(=O)(=O)Nc1cc(C(=O)C=CN(C)C)ccc1Cl. The van der Waals surface area contributed by atoms with E-state index in [2.05, 4.69) is 4.72 Å². The van der Waals surface area contributed by atoms with E-state index in [1.165, 1.54) is 25.1 Å². The van der Waals surface area contributed by atoms with Crippen LogP contribution in [0.25, 0.3) is 0 Å². The summed E-state index contributed by atoms with van der Waals surface area (Å²) in [6, 6.07) is 4.47. The minimum absolute atomic E-state index is 0.0674. The molecule has 1 aromatic carbocycles. The Hall–Kier alpha value is -1.53. The molecule has 1 rings (SSSR count). The summed E-state index contributed by atoms with van der Waals surface area (Å²) >= 11 is 5.93. The molecule has 0 aromatic heterocycles. The lowest BCUT2D eigenvalue weighted by Crippen LogP contribution is -2.15. The van der Waals surface area contributed by atoms with E-state index < -0.39 is 10.0 Å². The average molecular weight is 317 g/mol. The van der Waals surface area contributed by atoms with Crippen molar-refractivity contribution in [1.82, 2.24) is 4.90 Å². The Labute approximate surface area is 124 Å². The van der Waals surface area contributed by atoms with Crippen LogP contribution in [-0.2, 0) is 10.0 Å². The Morgan fingerprint density at radius 3 is 2.60 bits per heavy atom. The Kier molecular flexibility index (Phi) is 5.59. The highest BCUT2D eigenvalue weighted by molar-refractivity contribution is 7.92.